The van der Waals surface area contributed by atoms with Crippen molar-refractivity contribution in [2.24, 2.45) is 0 Å². The number of hydrogen-bond acceptors (Lipinski definition) is 25. The second-order valence-electron chi connectivity index (χ2n) is 31.3. The van der Waals surface area contributed by atoms with E-state index in [-0.39, 0.29) is 212 Å². The molecule has 0 aliphatic carbocycles. The van der Waals surface area contributed by atoms with Crippen molar-refractivity contribution in [2.45, 2.75) is 33.1 Å². The maximum absolute atomic E-state index is 13.6. The lowest BCUT2D eigenvalue weighted by molar-refractivity contribution is -0.385. The maximum Gasteiger partial charge on any atom is 0.289 e. The molecule has 4 fully saturated rings. The van der Waals surface area contributed by atoms with Crippen LogP contribution >= 0.6 is 116 Å². The fourth-order valence-corrected chi connectivity index (χ4v) is 22.5. The number of carbonyl (C=O) groups is 4. The molecule has 0 unspecified atom stereocenters. The molecular formula is C93H76Cl10N12O24S4. The van der Waals surface area contributed by atoms with E-state index in [1.165, 1.54) is 128 Å². The standard InChI is InChI=1S/C25H20Cl3N3O4S.C24H21Cl2N3O7S.C23H18Cl3N3O6S.C21H17Cl2N3O7S/c1-16-10-19(26)14-20(11-16)35-23-5-2-17(15-29)12-24(23)36(33,34)31-8-6-30(7-9-31)25(32)18-3-4-21(27)22(28)13-18;25-18-5-7-20(26)22(13-18)36-21-8-6-19(29(32)33)14-23(21)37(34,35)28-11-9-27(10-12-28)24(31)17-3-1-16(15-30)2-4-17;24-16-3-1-15(2-4-16)23(30)27-9-11-28(12-10-27)36(33,34)22-14-18(29(31)32)6-8-20(22)35-21-13-17(25)5-7-19(21)26;22-14-3-5-16(23)19(12-14)33-17-6-4-15(26(28)29)13-20(17)34(30,31)25-9-7-24(8-10-25)21(27)18-2-1-11-32-18/h2-5,10-14H,6-9H2,1H3;1-8,13-14,30H,9-12,15H2;1-8,13-14H,9-12H2;1-6,11-13H,7-10H2. The number of rotatable bonds is 24. The van der Waals surface area contributed by atoms with Crippen molar-refractivity contribution in [1.82, 2.24) is 36.8 Å². The molecule has 1 aromatic heterocycles. The number of amides is 4. The normalized spacial score (nSPS) is 14.5. The van der Waals surface area contributed by atoms with E-state index in [1.807, 2.05) is 13.0 Å². The van der Waals surface area contributed by atoms with Gasteiger partial charge in [0.1, 0.15) is 65.6 Å². The summed E-state index contributed by atoms with van der Waals surface area (Å²) >= 11 is 60.4. The number of benzene rings is 11. The summed E-state index contributed by atoms with van der Waals surface area (Å²) < 4.78 is 141. The Hall–Kier alpha value is -12.0. The van der Waals surface area contributed by atoms with Gasteiger partial charge in [-0.1, -0.05) is 128 Å². The van der Waals surface area contributed by atoms with Crippen LogP contribution < -0.4 is 18.9 Å². The first-order chi connectivity index (χ1) is 67.9. The van der Waals surface area contributed by atoms with Gasteiger partial charge in [-0.05, 0) is 176 Å². The number of carbonyl (C=O) groups excluding carboxylic acids is 4. The maximum atomic E-state index is 13.6. The number of sulfonamides is 4. The van der Waals surface area contributed by atoms with Crippen molar-refractivity contribution in [3.63, 3.8) is 0 Å². The van der Waals surface area contributed by atoms with Crippen molar-refractivity contribution in [2.75, 3.05) is 105 Å². The van der Waals surface area contributed by atoms with Gasteiger partial charge in [-0.25, -0.2) is 33.7 Å². The number of aryl methyl sites for hydroxylation is 1. The van der Waals surface area contributed by atoms with E-state index >= 15 is 0 Å². The minimum Gasteiger partial charge on any atom is -0.459 e. The minimum absolute atomic E-state index is 0.0122. The number of halogens is 10. The number of nitriles is 1. The highest BCUT2D eigenvalue weighted by molar-refractivity contribution is 7.90. The zero-order chi connectivity index (χ0) is 103. The summed E-state index contributed by atoms with van der Waals surface area (Å²) in [6.07, 6.45) is 1.38. The van der Waals surface area contributed by atoms with Crippen LogP contribution in [0.1, 0.15) is 58.3 Å². The molecule has 0 spiro atoms. The third-order valence-corrected chi connectivity index (χ3v) is 32.5. The lowest BCUT2D eigenvalue weighted by Crippen LogP contribution is -2.50. The molecule has 11 aromatic carbocycles. The van der Waals surface area contributed by atoms with Gasteiger partial charge in [0.05, 0.1) is 64.4 Å². The third kappa shape index (κ3) is 26.6. The van der Waals surface area contributed by atoms with Crippen LogP contribution in [0.2, 0.25) is 50.2 Å². The van der Waals surface area contributed by atoms with E-state index in [0.717, 1.165) is 54.9 Å². The van der Waals surface area contributed by atoms with Crippen molar-refractivity contribution >= 4 is 197 Å². The van der Waals surface area contributed by atoms with Crippen molar-refractivity contribution < 1.29 is 96.1 Å². The van der Waals surface area contributed by atoms with Gasteiger partial charge < -0.3 is 48.1 Å². The topological polar surface area (TPSA) is 454 Å². The van der Waals surface area contributed by atoms with Crippen LogP contribution in [0.15, 0.2) is 255 Å². The second kappa shape index (κ2) is 47.2. The number of nitrogens with zero attached hydrogens (tertiary/aromatic N) is 12. The summed E-state index contributed by atoms with van der Waals surface area (Å²) in [4.78, 5) is 87.7. The van der Waals surface area contributed by atoms with E-state index in [9.17, 15) is 93.6 Å². The first kappa shape index (κ1) is 108. The average Bonchev–Trinajstić information content (AvgIpc) is 0.943. The molecule has 0 saturated carbocycles. The van der Waals surface area contributed by atoms with Crippen molar-refractivity contribution in [3.05, 3.63) is 350 Å². The number of non-ortho nitro benzene ring substituents is 3. The first-order valence-electron chi connectivity index (χ1n) is 42.3. The van der Waals surface area contributed by atoms with Crippen LogP contribution in [0.5, 0.6) is 46.0 Å². The molecule has 50 heteroatoms. The van der Waals surface area contributed by atoms with Gasteiger partial charge in [-0.3, -0.25) is 49.5 Å². The third-order valence-electron chi connectivity index (χ3n) is 22.0. The van der Waals surface area contributed by atoms with Crippen LogP contribution in [0.3, 0.4) is 0 Å². The van der Waals surface area contributed by atoms with Crippen LogP contribution in [0.4, 0.5) is 17.1 Å². The van der Waals surface area contributed by atoms with Crippen LogP contribution in [0, 0.1) is 48.6 Å². The van der Waals surface area contributed by atoms with Crippen molar-refractivity contribution in [1.29, 1.82) is 5.26 Å². The van der Waals surface area contributed by atoms with E-state index in [0.29, 0.717) is 58.1 Å². The Labute approximate surface area is 868 Å². The number of furan rings is 1. The molecule has 0 radical (unpaired) electrons. The smallest absolute Gasteiger partial charge is 0.289 e. The number of aliphatic hydroxyl groups excluding tert-OH is 1. The predicted octanol–water partition coefficient (Wildman–Crippen LogP) is 20.0. The highest BCUT2D eigenvalue weighted by Crippen LogP contribution is 2.44. The van der Waals surface area contributed by atoms with Gasteiger partial charge >= 0.3 is 0 Å². The zero-order valence-corrected chi connectivity index (χ0v) is 84.9. The molecule has 143 heavy (non-hydrogen) atoms. The number of nitro benzene ring substituents is 3. The molecule has 4 aliphatic rings. The Morgan fingerprint density at radius 3 is 1.02 bits per heavy atom. The molecule has 1 N–H and O–H groups in total. The first-order valence-corrected chi connectivity index (χ1v) is 51.8. The Kier molecular flexibility index (Phi) is 35.7. The number of aliphatic hydroxyl groups is 1. The number of hydrogen-bond donors (Lipinski definition) is 1. The summed E-state index contributed by atoms with van der Waals surface area (Å²) in [5, 5.41) is 55.6. The van der Waals surface area contributed by atoms with Gasteiger partial charge in [0.15, 0.2) is 5.76 Å². The minimum atomic E-state index is -4.25. The molecule has 0 bridgehead atoms. The van der Waals surface area contributed by atoms with E-state index < -0.39 is 86.6 Å². The summed E-state index contributed by atoms with van der Waals surface area (Å²) in [6.45, 7) is 2.82. The number of piperazine rings is 4. The Balaban J connectivity index is 0.000000160. The molecule has 36 nitrogen and oxygen atoms in total. The zero-order valence-electron chi connectivity index (χ0n) is 74.1. The summed E-state index contributed by atoms with van der Waals surface area (Å²) in [7, 11) is -16.8. The molecule has 4 amide bonds. The molecule has 4 aliphatic heterocycles. The van der Waals surface area contributed by atoms with Gasteiger partial charge in [0.25, 0.3) is 40.7 Å². The summed E-state index contributed by atoms with van der Waals surface area (Å²) in [5.74, 6) is -0.717. The molecule has 4 saturated heterocycles. The molecule has 12 aromatic rings. The average molecular weight is 2230 g/mol. The van der Waals surface area contributed by atoms with Gasteiger partial charge in [0.2, 0.25) is 40.1 Å². The van der Waals surface area contributed by atoms with E-state index in [4.69, 9.17) is 139 Å². The second-order valence-corrected chi connectivity index (χ2v) is 43.1. The van der Waals surface area contributed by atoms with Crippen LogP contribution in [-0.2, 0) is 46.7 Å². The number of nitro groups is 3. The summed E-state index contributed by atoms with van der Waals surface area (Å²) in [6, 6.07) is 54.9. The fraction of sp³-hybridized carbons (Fsp3) is 0.194. The lowest BCUT2D eigenvalue weighted by atomic mass is 10.1. The van der Waals surface area contributed by atoms with Crippen LogP contribution in [0.25, 0.3) is 0 Å². The molecule has 5 heterocycles. The van der Waals surface area contributed by atoms with Crippen molar-refractivity contribution in [3.8, 4) is 52.1 Å². The van der Waals surface area contributed by atoms with Gasteiger partial charge in [-0.2, -0.15) is 22.5 Å². The van der Waals surface area contributed by atoms with Gasteiger partial charge in [0, 0.05) is 201 Å². The van der Waals surface area contributed by atoms with Gasteiger partial charge in [-0.15, -0.1) is 0 Å². The highest BCUT2D eigenvalue weighted by atomic mass is 35.5. The Morgan fingerprint density at radius 2 is 0.678 bits per heavy atom. The molecule has 0 atom stereocenters. The molecule has 16 rings (SSSR count). The summed E-state index contributed by atoms with van der Waals surface area (Å²) in [5.41, 5.74) is 1.64. The largest absolute Gasteiger partial charge is 0.459 e. The Morgan fingerprint density at radius 1 is 0.350 bits per heavy atom. The lowest BCUT2D eigenvalue weighted by Gasteiger charge is -2.34. The van der Waals surface area contributed by atoms with E-state index in [2.05, 4.69) is 0 Å². The Bertz CT molecular complexity index is 7410. The monoisotopic (exact) mass is 2220 g/mol. The number of ether oxygens (including phenoxy) is 4. The highest BCUT2D eigenvalue weighted by Gasteiger charge is 2.40. The van der Waals surface area contributed by atoms with Crippen LogP contribution in [-0.4, -0.2) is 219 Å². The quantitative estimate of drug-likeness (QED) is 0.0433. The SMILES string of the molecule is Cc1cc(Cl)cc(Oc2ccc(C#N)cc2S(=O)(=O)N2CCN(C(=O)c3ccc(Cl)c(Cl)c3)CC2)c1.O=C(c1ccc(CO)cc1)N1CCN(S(=O)(=O)c2cc([N+](=O)[O-])ccc2Oc2cc(Cl)ccc2Cl)CC1.O=C(c1ccc(Cl)cc1)N1CCN(S(=O)(=O)c2cc([N+](=O)[O-])ccc2Oc2cc(Cl)ccc2Cl)CC1.O=C(c1ccco1)N1CCN(S(=O)(=O)c2cc([N+](=O)[O-])ccc2Oc2cc(Cl)ccc2Cl)CC1. The molecule has 746 valence electrons. The van der Waals surface area contributed by atoms with E-state index in [1.54, 1.807) is 89.8 Å². The fourth-order valence-electron chi connectivity index (χ4n) is 14.6. The molecular weight excluding hydrogens is 2150 g/mol. The predicted molar refractivity (Wildman–Crippen MR) is 534 cm³/mol.